The molecule has 5 nitrogen and oxygen atoms in total. The molecule has 2 aromatic rings. The van der Waals surface area contributed by atoms with E-state index < -0.39 is 0 Å². The number of benzene rings is 1. The van der Waals surface area contributed by atoms with Gasteiger partial charge in [0.05, 0.1) is 0 Å². The minimum atomic E-state index is 0.0313. The molecule has 1 heterocycles. The molecule has 0 aliphatic heterocycles. The molecular weight excluding hydrogens is 264 g/mol. The normalized spacial score (nSPS) is 11.8. The first-order valence-electron chi connectivity index (χ1n) is 6.84. The van der Waals surface area contributed by atoms with Crippen molar-refractivity contribution in [1.82, 2.24) is 9.88 Å². The minimum absolute atomic E-state index is 0.0313. The third kappa shape index (κ3) is 4.57. The summed E-state index contributed by atoms with van der Waals surface area (Å²) in [4.78, 5) is 6.31. The van der Waals surface area contributed by atoms with E-state index in [1.54, 1.807) is 6.20 Å². The largest absolute Gasteiger partial charge is 0.409 e. The lowest BCUT2D eigenvalue weighted by molar-refractivity contribution is 0.318. The van der Waals surface area contributed by atoms with E-state index in [2.05, 4.69) is 46.4 Å². The van der Waals surface area contributed by atoms with Crippen LogP contribution in [0.1, 0.15) is 16.8 Å². The van der Waals surface area contributed by atoms with Crippen LogP contribution in [-0.2, 0) is 13.0 Å². The Labute approximate surface area is 124 Å². The first-order chi connectivity index (χ1) is 10.2. The number of hydrogen-bond acceptors (Lipinski definition) is 4. The van der Waals surface area contributed by atoms with Gasteiger partial charge in [-0.2, -0.15) is 0 Å². The van der Waals surface area contributed by atoms with E-state index in [1.165, 1.54) is 5.56 Å². The molecule has 0 spiro atoms. The van der Waals surface area contributed by atoms with Crippen LogP contribution < -0.4 is 5.73 Å². The van der Waals surface area contributed by atoms with Crippen LogP contribution in [0.4, 0.5) is 0 Å². The van der Waals surface area contributed by atoms with Crippen molar-refractivity contribution >= 4 is 5.84 Å². The quantitative estimate of drug-likeness (QED) is 0.367. The summed E-state index contributed by atoms with van der Waals surface area (Å²) < 4.78 is 0. The second kappa shape index (κ2) is 7.40. The van der Waals surface area contributed by atoms with Crippen molar-refractivity contribution in [2.75, 3.05) is 13.6 Å². The molecule has 21 heavy (non-hydrogen) atoms. The predicted molar refractivity (Wildman–Crippen MR) is 83.2 cm³/mol. The highest BCUT2D eigenvalue weighted by molar-refractivity contribution is 5.95. The van der Waals surface area contributed by atoms with Crippen molar-refractivity contribution in [1.29, 1.82) is 0 Å². The fourth-order valence-electron chi connectivity index (χ4n) is 2.12. The standard InChI is InChI=1S/C16H20N4O/c1-20(10-8-13-5-3-2-4-6-13)12-14-7-9-18-15(11-14)16(17)19-21/h2-7,9,11,21H,8,10,12H2,1H3,(H2,17,19). The minimum Gasteiger partial charge on any atom is -0.409 e. The molecule has 0 aliphatic rings. The molecular formula is C16H20N4O. The molecule has 0 fully saturated rings. The third-order valence-corrected chi connectivity index (χ3v) is 3.27. The van der Waals surface area contributed by atoms with Crippen LogP contribution in [0, 0.1) is 0 Å². The van der Waals surface area contributed by atoms with Crippen LogP contribution in [0.2, 0.25) is 0 Å². The maximum absolute atomic E-state index is 8.68. The molecule has 0 saturated heterocycles. The van der Waals surface area contributed by atoms with Gasteiger partial charge in [-0.15, -0.1) is 0 Å². The van der Waals surface area contributed by atoms with Gasteiger partial charge in [-0.25, -0.2) is 0 Å². The van der Waals surface area contributed by atoms with Crippen LogP contribution in [-0.4, -0.2) is 34.5 Å². The maximum atomic E-state index is 8.68. The van der Waals surface area contributed by atoms with Crippen LogP contribution in [0.15, 0.2) is 53.8 Å². The Hall–Kier alpha value is -2.40. The summed E-state index contributed by atoms with van der Waals surface area (Å²) in [5.41, 5.74) is 8.46. The number of amidine groups is 1. The summed E-state index contributed by atoms with van der Waals surface area (Å²) in [5, 5.41) is 11.7. The molecule has 0 aliphatic carbocycles. The Morgan fingerprint density at radius 2 is 2.00 bits per heavy atom. The Balaban J connectivity index is 1.92. The van der Waals surface area contributed by atoms with Crippen molar-refractivity contribution in [3.8, 4) is 0 Å². The van der Waals surface area contributed by atoms with Crippen LogP contribution >= 0.6 is 0 Å². The van der Waals surface area contributed by atoms with Crippen molar-refractivity contribution in [2.45, 2.75) is 13.0 Å². The van der Waals surface area contributed by atoms with Gasteiger partial charge in [0, 0.05) is 19.3 Å². The number of rotatable bonds is 6. The van der Waals surface area contributed by atoms with Gasteiger partial charge in [0.15, 0.2) is 5.84 Å². The molecule has 0 amide bonds. The highest BCUT2D eigenvalue weighted by Gasteiger charge is 2.05. The average Bonchev–Trinajstić information content (AvgIpc) is 2.53. The van der Waals surface area contributed by atoms with Gasteiger partial charge >= 0.3 is 0 Å². The molecule has 3 N–H and O–H groups in total. The predicted octanol–water partition coefficient (Wildman–Crippen LogP) is 1.85. The van der Waals surface area contributed by atoms with E-state index in [0.717, 1.165) is 25.1 Å². The number of nitrogens with zero attached hydrogens (tertiary/aromatic N) is 3. The smallest absolute Gasteiger partial charge is 0.188 e. The van der Waals surface area contributed by atoms with Gasteiger partial charge < -0.3 is 15.8 Å². The molecule has 0 saturated carbocycles. The van der Waals surface area contributed by atoms with E-state index in [-0.39, 0.29) is 5.84 Å². The van der Waals surface area contributed by atoms with Crippen molar-refractivity contribution in [3.63, 3.8) is 0 Å². The highest BCUT2D eigenvalue weighted by atomic mass is 16.4. The molecule has 2 rings (SSSR count). The molecule has 1 aromatic carbocycles. The molecule has 1 aromatic heterocycles. The fraction of sp³-hybridized carbons (Fsp3) is 0.250. The number of pyridine rings is 1. The SMILES string of the molecule is CN(CCc1ccccc1)Cc1ccnc(C(N)=NO)c1. The summed E-state index contributed by atoms with van der Waals surface area (Å²) >= 11 is 0. The second-order valence-corrected chi connectivity index (χ2v) is 5.01. The number of likely N-dealkylation sites (N-methyl/N-ethyl adjacent to an activating group) is 1. The zero-order chi connectivity index (χ0) is 15.1. The topological polar surface area (TPSA) is 74.7 Å². The lowest BCUT2D eigenvalue weighted by Crippen LogP contribution is -2.21. The molecule has 0 atom stereocenters. The summed E-state index contributed by atoms with van der Waals surface area (Å²) in [6, 6.07) is 14.2. The number of nitrogens with two attached hydrogens (primary N) is 1. The van der Waals surface area contributed by atoms with Crippen molar-refractivity contribution < 1.29 is 5.21 Å². The highest BCUT2D eigenvalue weighted by Crippen LogP contribution is 2.07. The van der Waals surface area contributed by atoms with Crippen LogP contribution in [0.25, 0.3) is 0 Å². The van der Waals surface area contributed by atoms with Gasteiger partial charge in [-0.3, -0.25) is 4.98 Å². The number of hydrogen-bond donors (Lipinski definition) is 2. The third-order valence-electron chi connectivity index (χ3n) is 3.27. The Morgan fingerprint density at radius 1 is 1.24 bits per heavy atom. The monoisotopic (exact) mass is 284 g/mol. The Morgan fingerprint density at radius 3 is 2.71 bits per heavy atom. The first kappa shape index (κ1) is 15.0. The van der Waals surface area contributed by atoms with Gasteiger partial charge in [0.1, 0.15) is 5.69 Å². The molecule has 5 heteroatoms. The van der Waals surface area contributed by atoms with Crippen LogP contribution in [0.3, 0.4) is 0 Å². The maximum Gasteiger partial charge on any atom is 0.188 e. The molecule has 0 bridgehead atoms. The lowest BCUT2D eigenvalue weighted by Gasteiger charge is -2.17. The Bertz CT molecular complexity index is 598. The van der Waals surface area contributed by atoms with Gasteiger partial charge in [-0.05, 0) is 36.7 Å². The van der Waals surface area contributed by atoms with Gasteiger partial charge in [-0.1, -0.05) is 35.5 Å². The van der Waals surface area contributed by atoms with Gasteiger partial charge in [0.2, 0.25) is 0 Å². The number of aromatic nitrogens is 1. The van der Waals surface area contributed by atoms with Gasteiger partial charge in [0.25, 0.3) is 0 Å². The fourth-order valence-corrected chi connectivity index (χ4v) is 2.12. The van der Waals surface area contributed by atoms with E-state index in [9.17, 15) is 0 Å². The summed E-state index contributed by atoms with van der Waals surface area (Å²) in [5.74, 6) is 0.0313. The zero-order valence-corrected chi connectivity index (χ0v) is 12.1. The van der Waals surface area contributed by atoms with E-state index in [0.29, 0.717) is 5.69 Å². The van der Waals surface area contributed by atoms with E-state index in [1.807, 2.05) is 18.2 Å². The van der Waals surface area contributed by atoms with Crippen molar-refractivity contribution in [2.24, 2.45) is 10.9 Å². The first-order valence-corrected chi connectivity index (χ1v) is 6.84. The second-order valence-electron chi connectivity index (χ2n) is 5.01. The molecule has 0 unspecified atom stereocenters. The Kier molecular flexibility index (Phi) is 5.29. The van der Waals surface area contributed by atoms with E-state index >= 15 is 0 Å². The van der Waals surface area contributed by atoms with E-state index in [4.69, 9.17) is 10.9 Å². The summed E-state index contributed by atoms with van der Waals surface area (Å²) in [6.07, 6.45) is 2.68. The average molecular weight is 284 g/mol. The van der Waals surface area contributed by atoms with Crippen LogP contribution in [0.5, 0.6) is 0 Å². The number of oxime groups is 1. The van der Waals surface area contributed by atoms with Crippen molar-refractivity contribution in [3.05, 3.63) is 65.5 Å². The summed E-state index contributed by atoms with van der Waals surface area (Å²) in [7, 11) is 2.08. The zero-order valence-electron chi connectivity index (χ0n) is 12.1. The summed E-state index contributed by atoms with van der Waals surface area (Å²) in [6.45, 7) is 1.76. The lowest BCUT2D eigenvalue weighted by atomic mass is 10.1. The molecule has 110 valence electrons. The molecule has 0 radical (unpaired) electrons.